The van der Waals surface area contributed by atoms with Gasteiger partial charge in [-0.15, -0.1) is 0 Å². The molecule has 1 unspecified atom stereocenters. The summed E-state index contributed by atoms with van der Waals surface area (Å²) in [7, 11) is 1.72. The molecule has 0 spiro atoms. The molecular weight excluding hydrogens is 202 g/mol. The van der Waals surface area contributed by atoms with E-state index in [1.165, 1.54) is 5.56 Å². The van der Waals surface area contributed by atoms with Gasteiger partial charge >= 0.3 is 0 Å². The van der Waals surface area contributed by atoms with Crippen molar-refractivity contribution >= 4 is 0 Å². The Morgan fingerprint density at radius 1 is 1.38 bits per heavy atom. The Labute approximate surface area is 97.4 Å². The predicted octanol–water partition coefficient (Wildman–Crippen LogP) is 1.64. The van der Waals surface area contributed by atoms with Crippen LogP contribution in [0.2, 0.25) is 0 Å². The molecule has 1 rings (SSSR count). The van der Waals surface area contributed by atoms with Crippen molar-refractivity contribution < 1.29 is 4.74 Å². The summed E-state index contributed by atoms with van der Waals surface area (Å²) < 4.78 is 5.24. The third-order valence-corrected chi connectivity index (χ3v) is 2.52. The summed E-state index contributed by atoms with van der Waals surface area (Å²) in [5.41, 5.74) is 3.21. The molecule has 16 heavy (non-hydrogen) atoms. The van der Waals surface area contributed by atoms with E-state index < -0.39 is 0 Å². The average Bonchev–Trinajstić information content (AvgIpc) is 2.29. The van der Waals surface area contributed by atoms with Gasteiger partial charge in [0.15, 0.2) is 0 Å². The van der Waals surface area contributed by atoms with Gasteiger partial charge in [0.1, 0.15) is 0 Å². The summed E-state index contributed by atoms with van der Waals surface area (Å²) in [5.74, 6) is 0. The van der Waals surface area contributed by atoms with Gasteiger partial charge in [0, 0.05) is 7.11 Å². The van der Waals surface area contributed by atoms with Gasteiger partial charge in [-0.3, -0.25) is 0 Å². The summed E-state index contributed by atoms with van der Waals surface area (Å²) in [4.78, 5) is 0. The second-order valence-electron chi connectivity index (χ2n) is 3.81. The van der Waals surface area contributed by atoms with Gasteiger partial charge in [-0.05, 0) is 31.5 Å². The monoisotopic (exact) mass is 223 g/mol. The average molecular weight is 223 g/mol. The molecule has 1 aromatic heterocycles. The third-order valence-electron chi connectivity index (χ3n) is 2.52. The number of methoxy groups -OCH3 is 1. The van der Waals surface area contributed by atoms with Crippen LogP contribution in [0.5, 0.6) is 0 Å². The van der Waals surface area contributed by atoms with E-state index in [-0.39, 0.29) is 6.04 Å². The first-order valence-corrected chi connectivity index (χ1v) is 5.78. The maximum atomic E-state index is 5.24. The molecule has 0 aromatic carbocycles. The maximum Gasteiger partial charge on any atom is 0.0677 e. The molecule has 0 aliphatic rings. The molecule has 4 nitrogen and oxygen atoms in total. The van der Waals surface area contributed by atoms with Crippen LogP contribution in [0.3, 0.4) is 0 Å². The Morgan fingerprint density at radius 3 is 2.69 bits per heavy atom. The zero-order valence-corrected chi connectivity index (χ0v) is 10.6. The lowest BCUT2D eigenvalue weighted by Gasteiger charge is -2.19. The van der Waals surface area contributed by atoms with Crippen molar-refractivity contribution in [2.24, 2.45) is 0 Å². The number of hydrogen-bond donors (Lipinski definition) is 1. The van der Waals surface area contributed by atoms with Crippen molar-refractivity contribution in [2.45, 2.75) is 33.2 Å². The number of rotatable bonds is 6. The fourth-order valence-corrected chi connectivity index (χ4v) is 1.78. The molecule has 0 saturated heterocycles. The SMILES string of the molecule is CCNC(COC)c1cc(C)nnc1CC. The van der Waals surface area contributed by atoms with Crippen molar-refractivity contribution in [3.05, 3.63) is 23.0 Å². The van der Waals surface area contributed by atoms with Crippen molar-refractivity contribution in [3.63, 3.8) is 0 Å². The smallest absolute Gasteiger partial charge is 0.0677 e. The third kappa shape index (κ3) is 3.25. The molecule has 90 valence electrons. The van der Waals surface area contributed by atoms with E-state index in [9.17, 15) is 0 Å². The summed E-state index contributed by atoms with van der Waals surface area (Å²) in [5, 5.41) is 11.7. The maximum absolute atomic E-state index is 5.24. The molecule has 1 N–H and O–H groups in total. The van der Waals surface area contributed by atoms with Crippen LogP contribution < -0.4 is 5.32 Å². The van der Waals surface area contributed by atoms with Crippen LogP contribution in [-0.4, -0.2) is 30.5 Å². The lowest BCUT2D eigenvalue weighted by Crippen LogP contribution is -2.26. The van der Waals surface area contributed by atoms with Gasteiger partial charge < -0.3 is 10.1 Å². The minimum Gasteiger partial charge on any atom is -0.383 e. The molecule has 0 saturated carbocycles. The van der Waals surface area contributed by atoms with Crippen LogP contribution in [0.4, 0.5) is 0 Å². The molecular formula is C12H21N3O. The first-order chi connectivity index (χ1) is 7.72. The first kappa shape index (κ1) is 13.1. The highest BCUT2D eigenvalue weighted by Gasteiger charge is 2.15. The van der Waals surface area contributed by atoms with Gasteiger partial charge in [0.05, 0.1) is 24.0 Å². The van der Waals surface area contributed by atoms with Gasteiger partial charge in [-0.2, -0.15) is 10.2 Å². The van der Waals surface area contributed by atoms with Crippen LogP contribution >= 0.6 is 0 Å². The molecule has 4 heteroatoms. The Hall–Kier alpha value is -1.00. The molecule has 1 aromatic rings. The minimum absolute atomic E-state index is 0.208. The molecule has 0 aliphatic carbocycles. The molecule has 0 amide bonds. The van der Waals surface area contributed by atoms with E-state index in [1.54, 1.807) is 7.11 Å². The van der Waals surface area contributed by atoms with E-state index in [2.05, 4.69) is 35.4 Å². The predicted molar refractivity (Wildman–Crippen MR) is 64.4 cm³/mol. The quantitative estimate of drug-likeness (QED) is 0.796. The Kier molecular flexibility index (Phi) is 5.35. The molecule has 1 heterocycles. The summed E-state index contributed by atoms with van der Waals surface area (Å²) in [6.07, 6.45) is 0.897. The number of hydrogen-bond acceptors (Lipinski definition) is 4. The highest BCUT2D eigenvalue weighted by Crippen LogP contribution is 2.17. The number of nitrogens with one attached hydrogen (secondary N) is 1. The Morgan fingerprint density at radius 2 is 2.12 bits per heavy atom. The Bertz CT molecular complexity index is 322. The highest BCUT2D eigenvalue weighted by molar-refractivity contribution is 5.25. The van der Waals surface area contributed by atoms with Gasteiger partial charge in [0.25, 0.3) is 0 Å². The van der Waals surface area contributed by atoms with E-state index in [4.69, 9.17) is 4.74 Å². The van der Waals surface area contributed by atoms with Crippen molar-refractivity contribution in [3.8, 4) is 0 Å². The second kappa shape index (κ2) is 6.55. The number of aromatic nitrogens is 2. The topological polar surface area (TPSA) is 47.0 Å². The number of ether oxygens (including phenoxy) is 1. The van der Waals surface area contributed by atoms with Gasteiger partial charge in [-0.1, -0.05) is 13.8 Å². The summed E-state index contributed by atoms with van der Waals surface area (Å²) >= 11 is 0. The zero-order valence-electron chi connectivity index (χ0n) is 10.6. The van der Waals surface area contributed by atoms with Gasteiger partial charge in [0.2, 0.25) is 0 Å². The van der Waals surface area contributed by atoms with Gasteiger partial charge in [-0.25, -0.2) is 0 Å². The molecule has 0 radical (unpaired) electrons. The van der Waals surface area contributed by atoms with Crippen molar-refractivity contribution in [1.82, 2.24) is 15.5 Å². The molecule has 0 bridgehead atoms. The highest BCUT2D eigenvalue weighted by atomic mass is 16.5. The number of nitrogens with zero attached hydrogens (tertiary/aromatic N) is 2. The summed E-state index contributed by atoms with van der Waals surface area (Å²) in [6, 6.07) is 2.30. The molecule has 0 aliphatic heterocycles. The van der Waals surface area contributed by atoms with Crippen molar-refractivity contribution in [1.29, 1.82) is 0 Å². The van der Waals surface area contributed by atoms with E-state index in [0.29, 0.717) is 6.61 Å². The Balaban J connectivity index is 3.00. The molecule has 1 atom stereocenters. The zero-order chi connectivity index (χ0) is 12.0. The van der Waals surface area contributed by atoms with Crippen LogP contribution in [0.25, 0.3) is 0 Å². The van der Waals surface area contributed by atoms with E-state index in [0.717, 1.165) is 24.4 Å². The largest absolute Gasteiger partial charge is 0.383 e. The lowest BCUT2D eigenvalue weighted by molar-refractivity contribution is 0.167. The van der Waals surface area contributed by atoms with Crippen molar-refractivity contribution in [2.75, 3.05) is 20.3 Å². The fraction of sp³-hybridized carbons (Fsp3) is 0.667. The standard InChI is InChI=1S/C12H21N3O/c1-5-11-10(7-9(3)14-15-11)12(8-16-4)13-6-2/h7,12-13H,5-6,8H2,1-4H3. The number of aryl methyl sites for hydroxylation is 2. The van der Waals surface area contributed by atoms with Crippen LogP contribution in [0.1, 0.15) is 36.8 Å². The van der Waals surface area contributed by atoms with E-state index in [1.807, 2.05) is 6.92 Å². The van der Waals surface area contributed by atoms with E-state index >= 15 is 0 Å². The second-order valence-corrected chi connectivity index (χ2v) is 3.81. The van der Waals surface area contributed by atoms with Crippen LogP contribution in [0, 0.1) is 6.92 Å². The summed E-state index contributed by atoms with van der Waals surface area (Å²) in [6.45, 7) is 7.73. The van der Waals surface area contributed by atoms with Crippen LogP contribution in [0.15, 0.2) is 6.07 Å². The molecule has 0 fully saturated rings. The number of likely N-dealkylation sites (N-methyl/N-ethyl adjacent to an activating group) is 1. The lowest BCUT2D eigenvalue weighted by atomic mass is 10.0. The normalized spacial score (nSPS) is 12.8. The van der Waals surface area contributed by atoms with Crippen LogP contribution in [-0.2, 0) is 11.2 Å². The first-order valence-electron chi connectivity index (χ1n) is 5.78. The minimum atomic E-state index is 0.208. The fourth-order valence-electron chi connectivity index (χ4n) is 1.78.